The molecule has 0 bridgehead atoms. The third kappa shape index (κ3) is 4.81. The van der Waals surface area contributed by atoms with Crippen molar-refractivity contribution in [2.45, 2.75) is 43.6 Å². The van der Waals surface area contributed by atoms with E-state index in [1.807, 2.05) is 18.2 Å². The lowest BCUT2D eigenvalue weighted by Crippen LogP contribution is -2.49. The molecular weight excluding hydrogens is 403 g/mol. The van der Waals surface area contributed by atoms with E-state index in [2.05, 4.69) is 34.5 Å². The molecule has 2 aromatic rings. The Hall–Kier alpha value is -1.10. The second-order valence-corrected chi connectivity index (χ2v) is 9.30. The Balaban J connectivity index is 1.74. The molecule has 1 atom stereocenters. The van der Waals surface area contributed by atoms with Gasteiger partial charge in [0.15, 0.2) is 0 Å². The fourth-order valence-electron chi connectivity index (χ4n) is 4.95. The number of nitrogens with one attached hydrogen (secondary N) is 1. The first-order valence-electron chi connectivity index (χ1n) is 10.8. The summed E-state index contributed by atoms with van der Waals surface area (Å²) in [7, 11) is 0. The number of piperazine rings is 1. The first-order valence-corrected chi connectivity index (χ1v) is 11.5. The summed E-state index contributed by atoms with van der Waals surface area (Å²) in [6.45, 7) is 4.97. The number of nitrogens with zero attached hydrogens (tertiary/aromatic N) is 1. The van der Waals surface area contributed by atoms with E-state index < -0.39 is 5.60 Å². The Morgan fingerprint density at radius 2 is 1.69 bits per heavy atom. The van der Waals surface area contributed by atoms with Crippen molar-refractivity contribution in [1.29, 1.82) is 0 Å². The average Bonchev–Trinajstić information content (AvgIpc) is 2.75. The van der Waals surface area contributed by atoms with Gasteiger partial charge in [-0.15, -0.1) is 0 Å². The molecule has 2 N–H and O–H groups in total. The van der Waals surface area contributed by atoms with Crippen molar-refractivity contribution in [3.05, 3.63) is 58.1 Å². The van der Waals surface area contributed by atoms with E-state index in [-0.39, 0.29) is 5.92 Å². The summed E-state index contributed by atoms with van der Waals surface area (Å²) >= 11 is 12.5. The minimum atomic E-state index is -0.657. The molecule has 1 saturated carbocycles. The topological polar surface area (TPSA) is 35.5 Å². The lowest BCUT2D eigenvalue weighted by atomic mass is 9.71. The molecule has 3 nitrogen and oxygen atoms in total. The van der Waals surface area contributed by atoms with Crippen molar-refractivity contribution < 1.29 is 5.11 Å². The maximum atomic E-state index is 11.8. The number of hydrogen-bond acceptors (Lipinski definition) is 3. The number of aliphatic hydroxyl groups is 1. The molecule has 0 aromatic heterocycles. The van der Waals surface area contributed by atoms with Gasteiger partial charge in [-0.2, -0.15) is 0 Å². The number of benzene rings is 2. The molecular formula is C24H30Cl2N2O. The van der Waals surface area contributed by atoms with Crippen LogP contribution in [-0.4, -0.2) is 48.3 Å². The lowest BCUT2D eigenvalue weighted by Gasteiger charge is -2.43. The maximum Gasteiger partial charge on any atom is 0.0728 e. The van der Waals surface area contributed by atoms with E-state index >= 15 is 0 Å². The molecule has 1 heterocycles. The fraction of sp³-hybridized carbons (Fsp3) is 0.500. The van der Waals surface area contributed by atoms with Gasteiger partial charge >= 0.3 is 0 Å². The van der Waals surface area contributed by atoms with Crippen LogP contribution in [0, 0.1) is 0 Å². The second-order valence-electron chi connectivity index (χ2n) is 8.48. The molecule has 2 fully saturated rings. The Labute approximate surface area is 184 Å². The van der Waals surface area contributed by atoms with Gasteiger partial charge in [0, 0.05) is 38.6 Å². The zero-order valence-corrected chi connectivity index (χ0v) is 18.4. The van der Waals surface area contributed by atoms with Crippen LogP contribution in [0.5, 0.6) is 0 Å². The van der Waals surface area contributed by atoms with Gasteiger partial charge in [-0.3, -0.25) is 0 Å². The summed E-state index contributed by atoms with van der Waals surface area (Å²) in [5.74, 6) is 0.0755. The summed E-state index contributed by atoms with van der Waals surface area (Å²) < 4.78 is 0. The van der Waals surface area contributed by atoms with E-state index in [0.29, 0.717) is 10.0 Å². The number of hydrogen-bond donors (Lipinski definition) is 2. The molecule has 2 aliphatic rings. The lowest BCUT2D eigenvalue weighted by molar-refractivity contribution is -0.0315. The molecule has 1 aliphatic heterocycles. The van der Waals surface area contributed by atoms with Crippen LogP contribution in [0.15, 0.2) is 42.5 Å². The van der Waals surface area contributed by atoms with Crippen LogP contribution < -0.4 is 5.32 Å². The van der Waals surface area contributed by atoms with Gasteiger partial charge in [0.25, 0.3) is 0 Å². The largest absolute Gasteiger partial charge is 0.389 e. The molecule has 156 valence electrons. The highest BCUT2D eigenvalue weighted by Gasteiger charge is 2.40. The molecule has 0 amide bonds. The van der Waals surface area contributed by atoms with Crippen molar-refractivity contribution >= 4 is 23.2 Å². The zero-order valence-electron chi connectivity index (χ0n) is 16.8. The van der Waals surface area contributed by atoms with Crippen LogP contribution in [0.4, 0.5) is 0 Å². The second kappa shape index (κ2) is 9.36. The van der Waals surface area contributed by atoms with Crippen LogP contribution in [0.3, 0.4) is 0 Å². The first kappa shape index (κ1) is 21.1. The van der Waals surface area contributed by atoms with Crippen molar-refractivity contribution in [1.82, 2.24) is 10.2 Å². The normalized spacial score (nSPS) is 21.1. The predicted octanol–water partition coefficient (Wildman–Crippen LogP) is 5.34. The van der Waals surface area contributed by atoms with E-state index in [0.717, 1.165) is 69.5 Å². The molecule has 2 aromatic carbocycles. The van der Waals surface area contributed by atoms with Gasteiger partial charge in [0.05, 0.1) is 15.6 Å². The quantitative estimate of drug-likeness (QED) is 0.668. The van der Waals surface area contributed by atoms with Crippen molar-refractivity contribution in [2.24, 2.45) is 0 Å². The molecule has 0 radical (unpaired) electrons. The van der Waals surface area contributed by atoms with Crippen molar-refractivity contribution in [3.8, 4) is 11.1 Å². The van der Waals surface area contributed by atoms with Gasteiger partial charge in [0.1, 0.15) is 0 Å². The van der Waals surface area contributed by atoms with Crippen molar-refractivity contribution in [2.75, 3.05) is 32.7 Å². The molecule has 1 unspecified atom stereocenters. The smallest absolute Gasteiger partial charge is 0.0728 e. The van der Waals surface area contributed by atoms with Gasteiger partial charge < -0.3 is 15.3 Å². The van der Waals surface area contributed by atoms with Crippen LogP contribution >= 0.6 is 23.2 Å². The van der Waals surface area contributed by atoms with Gasteiger partial charge in [-0.25, -0.2) is 0 Å². The fourth-order valence-corrected chi connectivity index (χ4v) is 5.25. The highest BCUT2D eigenvalue weighted by molar-refractivity contribution is 6.42. The number of halogens is 2. The maximum absolute atomic E-state index is 11.8. The number of rotatable bonds is 5. The van der Waals surface area contributed by atoms with Crippen LogP contribution in [0.1, 0.15) is 43.6 Å². The third-order valence-electron chi connectivity index (χ3n) is 6.59. The molecule has 1 aliphatic carbocycles. The molecule has 29 heavy (non-hydrogen) atoms. The van der Waals surface area contributed by atoms with E-state index in [9.17, 15) is 5.11 Å². The molecule has 4 rings (SSSR count). The summed E-state index contributed by atoms with van der Waals surface area (Å²) in [6.07, 6.45) is 5.17. The van der Waals surface area contributed by atoms with Crippen LogP contribution in [0.25, 0.3) is 11.1 Å². The Morgan fingerprint density at radius 3 is 2.41 bits per heavy atom. The standard InChI is InChI=1S/C24H30Cl2N2O/c25-22-9-8-18(16-23(22)26)19-6-2-3-7-20(19)21(17-28-14-12-27-13-15-28)24(29)10-4-1-5-11-24/h2-3,6-9,16,21,27,29H,1,4-5,10-15,17H2. The highest BCUT2D eigenvalue weighted by Crippen LogP contribution is 2.44. The highest BCUT2D eigenvalue weighted by atomic mass is 35.5. The van der Waals surface area contributed by atoms with E-state index in [1.165, 1.54) is 12.0 Å². The minimum Gasteiger partial charge on any atom is -0.389 e. The summed E-state index contributed by atoms with van der Waals surface area (Å²) in [5.41, 5.74) is 2.76. The summed E-state index contributed by atoms with van der Waals surface area (Å²) in [5, 5.41) is 16.4. The minimum absolute atomic E-state index is 0.0755. The summed E-state index contributed by atoms with van der Waals surface area (Å²) in [6, 6.07) is 14.3. The van der Waals surface area contributed by atoms with E-state index in [4.69, 9.17) is 23.2 Å². The zero-order chi connectivity index (χ0) is 20.3. The average molecular weight is 433 g/mol. The monoisotopic (exact) mass is 432 g/mol. The molecule has 5 heteroatoms. The van der Waals surface area contributed by atoms with Crippen LogP contribution in [0.2, 0.25) is 10.0 Å². The molecule has 0 spiro atoms. The van der Waals surface area contributed by atoms with Gasteiger partial charge in [-0.05, 0) is 41.7 Å². The van der Waals surface area contributed by atoms with E-state index in [1.54, 1.807) is 0 Å². The Bertz CT molecular complexity index is 829. The van der Waals surface area contributed by atoms with Crippen LogP contribution in [-0.2, 0) is 0 Å². The SMILES string of the molecule is OC1(C(CN2CCNCC2)c2ccccc2-c2ccc(Cl)c(Cl)c2)CCCCC1. The Morgan fingerprint density at radius 1 is 0.966 bits per heavy atom. The van der Waals surface area contributed by atoms with Crippen molar-refractivity contribution in [3.63, 3.8) is 0 Å². The predicted molar refractivity (Wildman–Crippen MR) is 122 cm³/mol. The van der Waals surface area contributed by atoms with Gasteiger partial charge in [-0.1, -0.05) is 72.8 Å². The van der Waals surface area contributed by atoms with Gasteiger partial charge in [0.2, 0.25) is 0 Å². The third-order valence-corrected chi connectivity index (χ3v) is 7.32. The summed E-state index contributed by atoms with van der Waals surface area (Å²) in [4.78, 5) is 2.50. The Kier molecular flexibility index (Phi) is 6.83. The first-order chi connectivity index (χ1) is 14.1. The molecule has 1 saturated heterocycles.